The second-order valence-corrected chi connectivity index (χ2v) is 5.84. The van der Waals surface area contributed by atoms with E-state index in [2.05, 4.69) is 0 Å². The van der Waals surface area contributed by atoms with Crippen LogP contribution in [-0.4, -0.2) is 110 Å². The Labute approximate surface area is 132 Å². The van der Waals surface area contributed by atoms with Gasteiger partial charge in [0.25, 0.3) is 0 Å². The van der Waals surface area contributed by atoms with E-state index in [1.807, 2.05) is 0 Å². The molecular weight excluding hydrogens is 316 g/mol. The summed E-state index contributed by atoms with van der Waals surface area (Å²) in [5.41, 5.74) is 0. The molecule has 2 rings (SSSR count). The molecular formula is C13H24O10. The van der Waals surface area contributed by atoms with Crippen molar-refractivity contribution in [2.45, 2.75) is 68.1 Å². The van der Waals surface area contributed by atoms with Crippen molar-refractivity contribution >= 4 is 0 Å². The van der Waals surface area contributed by atoms with E-state index >= 15 is 0 Å². The van der Waals surface area contributed by atoms with Crippen LogP contribution in [0.3, 0.4) is 0 Å². The molecule has 0 radical (unpaired) electrons. The van der Waals surface area contributed by atoms with Gasteiger partial charge < -0.3 is 50.0 Å². The monoisotopic (exact) mass is 340 g/mol. The van der Waals surface area contributed by atoms with Gasteiger partial charge >= 0.3 is 0 Å². The smallest absolute Gasteiger partial charge is 0.187 e. The minimum absolute atomic E-state index is 0.518. The maximum Gasteiger partial charge on any atom is 0.187 e. The Balaban J connectivity index is 2.11. The second-order valence-electron chi connectivity index (χ2n) is 5.84. The van der Waals surface area contributed by atoms with Crippen molar-refractivity contribution in [2.75, 3.05) is 13.2 Å². The Morgan fingerprint density at radius 1 is 0.739 bits per heavy atom. The predicted molar refractivity (Wildman–Crippen MR) is 72.1 cm³/mol. The first-order valence-corrected chi connectivity index (χ1v) is 7.40. The molecule has 0 spiro atoms. The normalized spacial score (nSPS) is 51.7. The van der Waals surface area contributed by atoms with Crippen molar-refractivity contribution in [1.82, 2.24) is 0 Å². The summed E-state index contributed by atoms with van der Waals surface area (Å²) in [6.07, 6.45) is -13.2. The molecule has 2 aliphatic rings. The van der Waals surface area contributed by atoms with Crippen molar-refractivity contribution in [3.63, 3.8) is 0 Å². The summed E-state index contributed by atoms with van der Waals surface area (Å²) in [7, 11) is 0. The first-order chi connectivity index (χ1) is 10.8. The molecule has 0 saturated carbocycles. The highest BCUT2D eigenvalue weighted by Gasteiger charge is 2.49. The summed E-state index contributed by atoms with van der Waals surface area (Å²) in [5, 5.41) is 67.8. The topological polar surface area (TPSA) is 169 Å². The first-order valence-electron chi connectivity index (χ1n) is 7.40. The van der Waals surface area contributed by atoms with Crippen molar-refractivity contribution < 1.29 is 50.0 Å². The Kier molecular flexibility index (Phi) is 6.30. The van der Waals surface area contributed by atoms with Crippen LogP contribution in [0.25, 0.3) is 0 Å². The van der Waals surface area contributed by atoms with Crippen molar-refractivity contribution in [1.29, 1.82) is 0 Å². The lowest BCUT2D eigenvalue weighted by molar-refractivity contribution is -0.341. The second kappa shape index (κ2) is 7.66. The summed E-state index contributed by atoms with van der Waals surface area (Å²) < 4.78 is 15.9. The maximum atomic E-state index is 10.1. The third-order valence-corrected chi connectivity index (χ3v) is 4.24. The fraction of sp³-hybridized carbons (Fsp3) is 1.00. The van der Waals surface area contributed by atoms with Crippen LogP contribution in [0, 0.1) is 0 Å². The zero-order valence-corrected chi connectivity index (χ0v) is 12.5. The molecule has 2 heterocycles. The van der Waals surface area contributed by atoms with Crippen LogP contribution >= 0.6 is 0 Å². The molecule has 0 bridgehead atoms. The van der Waals surface area contributed by atoms with Crippen LogP contribution < -0.4 is 0 Å². The van der Waals surface area contributed by atoms with Crippen LogP contribution in [0.5, 0.6) is 0 Å². The van der Waals surface area contributed by atoms with Gasteiger partial charge in [-0.15, -0.1) is 0 Å². The lowest BCUT2D eigenvalue weighted by atomic mass is 9.95. The van der Waals surface area contributed by atoms with Crippen molar-refractivity contribution in [3.05, 3.63) is 0 Å². The highest BCUT2D eigenvalue weighted by molar-refractivity contribution is 4.94. The number of aliphatic hydroxyl groups is 7. The Hall–Kier alpha value is -0.400. The van der Waals surface area contributed by atoms with Gasteiger partial charge in [0.05, 0.1) is 19.3 Å². The zero-order chi connectivity index (χ0) is 17.3. The van der Waals surface area contributed by atoms with Gasteiger partial charge in [0, 0.05) is 0 Å². The minimum Gasteiger partial charge on any atom is -0.394 e. The third-order valence-electron chi connectivity index (χ3n) is 4.24. The number of aliphatic hydroxyl groups excluding tert-OH is 7. The Morgan fingerprint density at radius 3 is 1.91 bits per heavy atom. The number of hydrogen-bond donors (Lipinski definition) is 7. The lowest BCUT2D eigenvalue weighted by Gasteiger charge is -2.45. The van der Waals surface area contributed by atoms with Crippen LogP contribution in [0.1, 0.15) is 6.92 Å². The summed E-state index contributed by atoms with van der Waals surface area (Å²) >= 11 is 0. The van der Waals surface area contributed by atoms with Gasteiger partial charge in [-0.2, -0.15) is 0 Å². The van der Waals surface area contributed by atoms with E-state index in [1.165, 1.54) is 6.92 Å². The molecule has 7 N–H and O–H groups in total. The van der Waals surface area contributed by atoms with Gasteiger partial charge in [0.2, 0.25) is 0 Å². The number of rotatable bonds is 4. The quantitative estimate of drug-likeness (QED) is 0.265. The minimum atomic E-state index is -1.66. The SMILES string of the molecule is CC1O[C@H](CO)[C@@H](O[C@@H]2O[C@H](CO)[C@H](O)[C@H](O)[C@H]2O)C(O)[C@H]1O. The third kappa shape index (κ3) is 3.66. The molecule has 2 aliphatic heterocycles. The molecule has 23 heavy (non-hydrogen) atoms. The van der Waals surface area contributed by atoms with Gasteiger partial charge in [-0.05, 0) is 6.92 Å². The molecule has 2 saturated heterocycles. The Bertz CT molecular complexity index is 378. The van der Waals surface area contributed by atoms with Crippen LogP contribution in [-0.2, 0) is 14.2 Å². The highest BCUT2D eigenvalue weighted by atomic mass is 16.7. The summed E-state index contributed by atoms with van der Waals surface area (Å²) in [4.78, 5) is 0. The predicted octanol–water partition coefficient (Wildman–Crippen LogP) is -4.33. The molecule has 0 aliphatic carbocycles. The fourth-order valence-corrected chi connectivity index (χ4v) is 2.78. The molecule has 2 fully saturated rings. The number of ether oxygens (including phenoxy) is 3. The van der Waals surface area contributed by atoms with Gasteiger partial charge in [-0.1, -0.05) is 0 Å². The summed E-state index contributed by atoms with van der Waals surface area (Å²) in [6.45, 7) is 0.369. The van der Waals surface area contributed by atoms with Gasteiger partial charge in [-0.3, -0.25) is 0 Å². The van der Waals surface area contributed by atoms with E-state index in [4.69, 9.17) is 19.3 Å². The molecule has 0 aromatic carbocycles. The molecule has 136 valence electrons. The Morgan fingerprint density at radius 2 is 1.35 bits per heavy atom. The van der Waals surface area contributed by atoms with Crippen molar-refractivity contribution in [3.8, 4) is 0 Å². The van der Waals surface area contributed by atoms with E-state index in [0.717, 1.165) is 0 Å². The van der Waals surface area contributed by atoms with Gasteiger partial charge in [0.1, 0.15) is 48.8 Å². The molecule has 10 atom stereocenters. The molecule has 0 amide bonds. The average Bonchev–Trinajstić information content (AvgIpc) is 2.55. The maximum absolute atomic E-state index is 10.1. The molecule has 10 heteroatoms. The largest absolute Gasteiger partial charge is 0.394 e. The zero-order valence-electron chi connectivity index (χ0n) is 12.5. The average molecular weight is 340 g/mol. The first kappa shape index (κ1) is 18.9. The van der Waals surface area contributed by atoms with Gasteiger partial charge in [-0.25, -0.2) is 0 Å². The van der Waals surface area contributed by atoms with E-state index in [9.17, 15) is 30.6 Å². The number of hydrogen-bond acceptors (Lipinski definition) is 10. The van der Waals surface area contributed by atoms with E-state index < -0.39 is 74.4 Å². The molecule has 0 aromatic rings. The summed E-state index contributed by atoms with van der Waals surface area (Å²) in [6, 6.07) is 0. The van der Waals surface area contributed by atoms with E-state index in [1.54, 1.807) is 0 Å². The molecule has 10 nitrogen and oxygen atoms in total. The van der Waals surface area contributed by atoms with E-state index in [-0.39, 0.29) is 0 Å². The van der Waals surface area contributed by atoms with Crippen LogP contribution in [0.4, 0.5) is 0 Å². The molecule has 2 unspecified atom stereocenters. The molecule has 0 aromatic heterocycles. The summed E-state index contributed by atoms with van der Waals surface area (Å²) in [5.74, 6) is 0. The lowest BCUT2D eigenvalue weighted by Crippen LogP contribution is -2.64. The standard InChI is InChI=1S/C13H24O10/c1-4-7(16)10(19)12(6(3-15)21-4)23-13-11(20)9(18)8(17)5(2-14)22-13/h4-20H,2-3H2,1H3/t4?,5-,6-,7+,8+,9+,10?,11-,12-,13+/m1/s1. The van der Waals surface area contributed by atoms with E-state index in [0.29, 0.717) is 0 Å². The van der Waals surface area contributed by atoms with Crippen LogP contribution in [0.15, 0.2) is 0 Å². The van der Waals surface area contributed by atoms with Crippen molar-refractivity contribution in [2.24, 2.45) is 0 Å². The fourth-order valence-electron chi connectivity index (χ4n) is 2.78. The van der Waals surface area contributed by atoms with Gasteiger partial charge in [0.15, 0.2) is 6.29 Å². The van der Waals surface area contributed by atoms with Crippen LogP contribution in [0.2, 0.25) is 0 Å². The highest BCUT2D eigenvalue weighted by Crippen LogP contribution is 2.28.